The van der Waals surface area contributed by atoms with Crippen LogP contribution in [-0.4, -0.2) is 87.9 Å². The summed E-state index contributed by atoms with van der Waals surface area (Å²) in [6.45, 7) is 2.30. The fourth-order valence-corrected chi connectivity index (χ4v) is 8.70. The predicted octanol–water partition coefficient (Wildman–Crippen LogP) is 7.65. The first-order chi connectivity index (χ1) is 25.6. The number of benzene rings is 1. The van der Waals surface area contributed by atoms with E-state index in [1.807, 2.05) is 0 Å². The molecule has 2 fully saturated rings. The molecule has 0 aliphatic carbocycles. The summed E-state index contributed by atoms with van der Waals surface area (Å²) >= 11 is 6.70. The van der Waals surface area contributed by atoms with E-state index in [1.54, 1.807) is 37.1 Å². The van der Waals surface area contributed by atoms with E-state index in [0.29, 0.717) is 54.3 Å². The fourth-order valence-electron chi connectivity index (χ4n) is 7.83. The Kier molecular flexibility index (Phi) is 11.6. The van der Waals surface area contributed by atoms with Crippen molar-refractivity contribution < 1.29 is 50.2 Å². The second-order valence-corrected chi connectivity index (χ2v) is 15.1. The van der Waals surface area contributed by atoms with E-state index in [4.69, 9.17) is 21.1 Å². The molecule has 3 aliphatic heterocycles. The number of hydrogen-bond acceptors (Lipinski definition) is 7. The highest BCUT2D eigenvalue weighted by Crippen LogP contribution is 2.44. The molecule has 292 valence electrons. The van der Waals surface area contributed by atoms with Crippen molar-refractivity contribution in [1.82, 2.24) is 19.7 Å². The maximum atomic E-state index is 15.5. The summed E-state index contributed by atoms with van der Waals surface area (Å²) in [5.41, 5.74) is -2.83. The molecule has 0 bridgehead atoms. The molecule has 3 amide bonds. The third kappa shape index (κ3) is 7.92. The molecule has 1 aromatic carbocycles. The molecule has 0 radical (unpaired) electrons. The minimum absolute atomic E-state index is 0.0328. The van der Waals surface area contributed by atoms with Crippen LogP contribution in [0.2, 0.25) is 5.02 Å². The number of carbonyl (C=O) groups excluding carboxylic acids is 3. The third-order valence-electron chi connectivity index (χ3n) is 10.4. The molecule has 0 N–H and O–H groups in total. The maximum absolute atomic E-state index is 15.5. The Balaban J connectivity index is 1.47. The van der Waals surface area contributed by atoms with Crippen molar-refractivity contribution in [3.05, 3.63) is 80.3 Å². The number of fused-ring (bicyclic) bond motifs is 1. The van der Waals surface area contributed by atoms with Crippen molar-refractivity contribution in [3.63, 3.8) is 0 Å². The molecular formula is C37H39ClF6N4O5S. The van der Waals surface area contributed by atoms with Crippen LogP contribution in [0.25, 0.3) is 0 Å². The predicted molar refractivity (Wildman–Crippen MR) is 187 cm³/mol. The van der Waals surface area contributed by atoms with Crippen LogP contribution in [0.4, 0.5) is 26.3 Å². The first-order valence-corrected chi connectivity index (χ1v) is 18.9. The van der Waals surface area contributed by atoms with Crippen molar-refractivity contribution in [2.45, 2.75) is 94.6 Å². The molecule has 17 heteroatoms. The monoisotopic (exact) mass is 800 g/mol. The lowest BCUT2D eigenvalue weighted by atomic mass is 9.78. The Labute approximate surface area is 317 Å². The number of methoxy groups -OCH3 is 1. The van der Waals surface area contributed by atoms with Gasteiger partial charge >= 0.3 is 12.4 Å². The van der Waals surface area contributed by atoms with E-state index in [0.717, 1.165) is 40.2 Å². The fraction of sp³-hybridized carbons (Fsp3) is 0.514. The Hall–Kier alpha value is -3.89. The number of hydrogen-bond donors (Lipinski definition) is 0. The summed E-state index contributed by atoms with van der Waals surface area (Å²) in [5, 5.41) is 1.54. The Bertz CT molecular complexity index is 1870. The van der Waals surface area contributed by atoms with E-state index in [9.17, 15) is 35.9 Å². The van der Waals surface area contributed by atoms with Crippen molar-refractivity contribution in [3.8, 4) is 5.75 Å². The molecule has 2 saturated heterocycles. The first kappa shape index (κ1) is 39.8. The van der Waals surface area contributed by atoms with Crippen LogP contribution in [0.1, 0.15) is 77.5 Å². The Morgan fingerprint density at radius 2 is 1.74 bits per heavy atom. The van der Waals surface area contributed by atoms with Gasteiger partial charge in [-0.25, -0.2) is 0 Å². The van der Waals surface area contributed by atoms with Crippen molar-refractivity contribution >= 4 is 40.7 Å². The molecule has 5 heterocycles. The van der Waals surface area contributed by atoms with E-state index in [-0.39, 0.29) is 56.5 Å². The first-order valence-electron chi connectivity index (χ1n) is 17.6. The summed E-state index contributed by atoms with van der Waals surface area (Å²) in [5.74, 6) is -2.51. The molecule has 0 spiro atoms. The average molecular weight is 801 g/mol. The van der Waals surface area contributed by atoms with Gasteiger partial charge in [-0.05, 0) is 61.1 Å². The van der Waals surface area contributed by atoms with Crippen LogP contribution in [0, 0.1) is 0 Å². The minimum Gasteiger partial charge on any atom is -0.474 e. The number of aromatic nitrogens is 1. The van der Waals surface area contributed by atoms with E-state index < -0.39 is 58.0 Å². The number of alkyl halides is 6. The van der Waals surface area contributed by atoms with Crippen molar-refractivity contribution in [2.24, 2.45) is 0 Å². The van der Waals surface area contributed by atoms with Crippen LogP contribution in [0.5, 0.6) is 5.75 Å². The van der Waals surface area contributed by atoms with Gasteiger partial charge in [-0.15, -0.1) is 11.3 Å². The number of carbonyl (C=O) groups is 3. The number of rotatable bonds is 8. The zero-order valence-electron chi connectivity index (χ0n) is 29.5. The molecule has 54 heavy (non-hydrogen) atoms. The van der Waals surface area contributed by atoms with Crippen molar-refractivity contribution in [1.29, 1.82) is 0 Å². The number of amides is 3. The van der Waals surface area contributed by atoms with Gasteiger partial charge in [0.1, 0.15) is 22.4 Å². The number of halogens is 7. The van der Waals surface area contributed by atoms with Gasteiger partial charge in [0.15, 0.2) is 0 Å². The topological polar surface area (TPSA) is 92.3 Å². The maximum Gasteiger partial charge on any atom is 0.425 e. The van der Waals surface area contributed by atoms with Gasteiger partial charge in [0.25, 0.3) is 11.8 Å². The Morgan fingerprint density at radius 1 is 1.00 bits per heavy atom. The van der Waals surface area contributed by atoms with Gasteiger partial charge in [0, 0.05) is 68.8 Å². The summed E-state index contributed by atoms with van der Waals surface area (Å²) < 4.78 is 95.8. The van der Waals surface area contributed by atoms with Crippen molar-refractivity contribution in [2.75, 3.05) is 26.7 Å². The highest BCUT2D eigenvalue weighted by molar-refractivity contribution is 7.10. The summed E-state index contributed by atoms with van der Waals surface area (Å²) in [7, 11) is 1.59. The quantitative estimate of drug-likeness (QED) is 0.218. The standard InChI is InChI=1S/C37H39ClF6N4O5S/c1-3-6-29-35(53-26-19-30(54-21-26)37(42,43)44,12-5-14-47(29)33(50)31-27(36(39,40)41)7-4-13-45-31)34(51)48-20-22-8-9-24(38)17-23(22)18-28(48)32(49)46-15-10-25(52-2)11-16-46/h4,7-9,13,17,19,21,25,28-29H,3,5-6,10-12,14-16,18,20H2,1-2H3/t28-,29-,35+/m1/s1. The molecular weight excluding hydrogens is 762 g/mol. The highest BCUT2D eigenvalue weighted by atomic mass is 35.5. The third-order valence-corrected chi connectivity index (χ3v) is 11.6. The lowest BCUT2D eigenvalue weighted by Crippen LogP contribution is -2.70. The SMILES string of the molecule is CCC[C@H]1N(C(=O)c2ncccc2C(F)(F)F)CCC[C@@]1(Oc1csc(C(F)(F)F)c1)C(=O)N1Cc2ccc(Cl)cc2C[C@@H]1C(=O)N1CCC(OC)CC1. The van der Waals surface area contributed by atoms with Gasteiger partial charge in [0.2, 0.25) is 11.5 Å². The summed E-state index contributed by atoms with van der Waals surface area (Å²) in [6.07, 6.45) is -7.13. The van der Waals surface area contributed by atoms with Gasteiger partial charge in [0.05, 0.1) is 17.7 Å². The number of thiophene rings is 1. The summed E-state index contributed by atoms with van der Waals surface area (Å²) in [6, 6.07) is 5.31. The zero-order valence-corrected chi connectivity index (χ0v) is 31.1. The number of nitrogens with zero attached hydrogens (tertiary/aromatic N) is 4. The largest absolute Gasteiger partial charge is 0.474 e. The molecule has 3 aliphatic rings. The van der Waals surface area contributed by atoms with E-state index in [2.05, 4.69) is 4.98 Å². The Morgan fingerprint density at radius 3 is 2.39 bits per heavy atom. The number of likely N-dealkylation sites (tertiary alicyclic amines) is 2. The molecule has 3 atom stereocenters. The average Bonchev–Trinajstić information content (AvgIpc) is 3.63. The van der Waals surface area contributed by atoms with Gasteiger partial charge in [-0.1, -0.05) is 31.0 Å². The van der Waals surface area contributed by atoms with Crippen LogP contribution < -0.4 is 4.74 Å². The van der Waals surface area contributed by atoms with Crippen LogP contribution in [0.15, 0.2) is 48.0 Å². The van der Waals surface area contributed by atoms with E-state index >= 15 is 4.79 Å². The van der Waals surface area contributed by atoms with Gasteiger partial charge < -0.3 is 24.2 Å². The zero-order chi connectivity index (χ0) is 39.0. The molecule has 0 unspecified atom stereocenters. The lowest BCUT2D eigenvalue weighted by Gasteiger charge is -2.51. The minimum atomic E-state index is -4.93. The molecule has 3 aromatic rings. The number of pyridine rings is 1. The van der Waals surface area contributed by atoms with Crippen LogP contribution in [0.3, 0.4) is 0 Å². The second kappa shape index (κ2) is 15.7. The number of piperidine rings is 2. The molecule has 0 saturated carbocycles. The van der Waals surface area contributed by atoms with Crippen LogP contribution in [-0.2, 0) is 39.6 Å². The molecule has 6 rings (SSSR count). The lowest BCUT2D eigenvalue weighted by molar-refractivity contribution is -0.167. The summed E-state index contributed by atoms with van der Waals surface area (Å²) in [4.78, 5) is 51.1. The second-order valence-electron chi connectivity index (χ2n) is 13.8. The molecule has 2 aromatic heterocycles. The van der Waals surface area contributed by atoms with Gasteiger partial charge in [-0.3, -0.25) is 19.4 Å². The highest BCUT2D eigenvalue weighted by Gasteiger charge is 2.58. The van der Waals surface area contributed by atoms with Gasteiger partial charge in [-0.2, -0.15) is 26.3 Å². The molecule has 9 nitrogen and oxygen atoms in total. The normalized spacial score (nSPS) is 22.6. The smallest absolute Gasteiger partial charge is 0.425 e. The van der Waals surface area contributed by atoms with E-state index in [1.165, 1.54) is 4.90 Å². The number of ether oxygens (including phenoxy) is 2. The van der Waals surface area contributed by atoms with Crippen LogP contribution >= 0.6 is 22.9 Å².